The van der Waals surface area contributed by atoms with Gasteiger partial charge < -0.3 is 5.32 Å². The fourth-order valence-corrected chi connectivity index (χ4v) is 2.07. The third-order valence-electron chi connectivity index (χ3n) is 2.89. The van der Waals surface area contributed by atoms with Crippen molar-refractivity contribution < 1.29 is 0 Å². The molecule has 4 heteroatoms. The van der Waals surface area contributed by atoms with Crippen molar-refractivity contribution in [2.45, 2.75) is 26.3 Å². The van der Waals surface area contributed by atoms with E-state index in [-0.39, 0.29) is 6.04 Å². The summed E-state index contributed by atoms with van der Waals surface area (Å²) in [6.45, 7) is 4.28. The van der Waals surface area contributed by atoms with E-state index in [2.05, 4.69) is 69.3 Å². The van der Waals surface area contributed by atoms with Crippen molar-refractivity contribution >= 4 is 21.7 Å². The predicted octanol–water partition coefficient (Wildman–Crippen LogP) is 3.97. The van der Waals surface area contributed by atoms with Crippen molar-refractivity contribution in [3.8, 4) is 0 Å². The second-order valence-electron chi connectivity index (χ2n) is 4.19. The van der Waals surface area contributed by atoms with Crippen LogP contribution in [0.3, 0.4) is 0 Å². The second kappa shape index (κ2) is 5.96. The number of aryl methyl sites for hydroxylation is 1. The van der Waals surface area contributed by atoms with Gasteiger partial charge in [0.05, 0.1) is 0 Å². The number of rotatable bonds is 4. The molecule has 94 valence electrons. The van der Waals surface area contributed by atoms with Gasteiger partial charge in [0, 0.05) is 12.1 Å². The molecule has 0 saturated carbocycles. The molecule has 0 aliphatic carbocycles. The zero-order valence-electron chi connectivity index (χ0n) is 10.5. The van der Waals surface area contributed by atoms with E-state index in [9.17, 15) is 0 Å². The largest absolute Gasteiger partial charge is 0.363 e. The van der Waals surface area contributed by atoms with Crippen molar-refractivity contribution in [1.82, 2.24) is 9.97 Å². The van der Waals surface area contributed by atoms with Crippen molar-refractivity contribution in [3.63, 3.8) is 0 Å². The van der Waals surface area contributed by atoms with Crippen molar-refractivity contribution in [3.05, 3.63) is 52.4 Å². The molecular weight excluding hydrogens is 290 g/mol. The number of aromatic nitrogens is 2. The van der Waals surface area contributed by atoms with Crippen LogP contribution >= 0.6 is 15.9 Å². The maximum Gasteiger partial charge on any atom is 0.130 e. The Morgan fingerprint density at radius 3 is 2.56 bits per heavy atom. The van der Waals surface area contributed by atoms with Crippen molar-refractivity contribution in [2.75, 3.05) is 5.32 Å². The Bertz CT molecular complexity index is 511. The molecule has 1 aromatic carbocycles. The summed E-state index contributed by atoms with van der Waals surface area (Å²) in [6, 6.07) is 10.8. The molecule has 2 rings (SSSR count). The van der Waals surface area contributed by atoms with E-state index in [0.29, 0.717) is 0 Å². The fourth-order valence-electron chi connectivity index (χ4n) is 1.76. The minimum Gasteiger partial charge on any atom is -0.363 e. The average Bonchev–Trinajstić information content (AvgIpc) is 2.39. The Labute approximate surface area is 116 Å². The summed E-state index contributed by atoms with van der Waals surface area (Å²) in [6.07, 6.45) is 2.61. The highest BCUT2D eigenvalue weighted by Crippen LogP contribution is 2.19. The lowest BCUT2D eigenvalue weighted by atomic mass is 10.1. The molecule has 1 heterocycles. The molecule has 0 radical (unpaired) electrons. The lowest BCUT2D eigenvalue weighted by Gasteiger charge is -2.15. The molecule has 1 atom stereocenters. The summed E-state index contributed by atoms with van der Waals surface area (Å²) in [5, 5.41) is 3.36. The normalized spacial score (nSPS) is 12.2. The Morgan fingerprint density at radius 1 is 1.22 bits per heavy atom. The average molecular weight is 306 g/mol. The SMILES string of the molecule is CCc1ccc(C(C)Nc2cc(Br)ncn2)cc1. The van der Waals surface area contributed by atoms with E-state index in [1.54, 1.807) is 6.33 Å². The molecule has 0 saturated heterocycles. The summed E-state index contributed by atoms with van der Waals surface area (Å²) >= 11 is 3.34. The highest BCUT2D eigenvalue weighted by molar-refractivity contribution is 9.10. The molecule has 0 aliphatic heterocycles. The Kier molecular flexibility index (Phi) is 4.31. The fraction of sp³-hybridized carbons (Fsp3) is 0.286. The maximum absolute atomic E-state index is 4.19. The molecule has 0 spiro atoms. The second-order valence-corrected chi connectivity index (χ2v) is 5.00. The molecule has 0 bridgehead atoms. The number of hydrogen-bond acceptors (Lipinski definition) is 3. The third kappa shape index (κ3) is 3.29. The highest BCUT2D eigenvalue weighted by Gasteiger charge is 2.06. The summed E-state index contributed by atoms with van der Waals surface area (Å²) < 4.78 is 0.786. The van der Waals surface area contributed by atoms with Gasteiger partial charge in [-0.25, -0.2) is 9.97 Å². The van der Waals surface area contributed by atoms with Crippen molar-refractivity contribution in [2.24, 2.45) is 0 Å². The van der Waals surface area contributed by atoms with E-state index in [4.69, 9.17) is 0 Å². The third-order valence-corrected chi connectivity index (χ3v) is 3.32. The van der Waals surface area contributed by atoms with Gasteiger partial charge in [-0.15, -0.1) is 0 Å². The number of nitrogens with zero attached hydrogens (tertiary/aromatic N) is 2. The topological polar surface area (TPSA) is 37.8 Å². The molecule has 0 amide bonds. The lowest BCUT2D eigenvalue weighted by Crippen LogP contribution is -2.08. The first-order valence-electron chi connectivity index (χ1n) is 6.02. The molecule has 1 N–H and O–H groups in total. The maximum atomic E-state index is 4.19. The van der Waals surface area contributed by atoms with Crippen LogP contribution in [0.2, 0.25) is 0 Å². The van der Waals surface area contributed by atoms with E-state index in [0.717, 1.165) is 16.8 Å². The Hall–Kier alpha value is -1.42. The van der Waals surface area contributed by atoms with Crippen LogP contribution in [0.15, 0.2) is 41.3 Å². The standard InChI is InChI=1S/C14H16BrN3/c1-3-11-4-6-12(7-5-11)10(2)18-14-8-13(15)16-9-17-14/h4-10H,3H2,1-2H3,(H,16,17,18). The molecular formula is C14H16BrN3. The van der Waals surface area contributed by atoms with Crippen LogP contribution in [-0.2, 0) is 6.42 Å². The highest BCUT2D eigenvalue weighted by atomic mass is 79.9. The molecule has 0 aliphatic rings. The van der Waals surface area contributed by atoms with Crippen molar-refractivity contribution in [1.29, 1.82) is 0 Å². The first kappa shape index (κ1) is 13.0. The van der Waals surface area contributed by atoms with Crippen LogP contribution in [0.4, 0.5) is 5.82 Å². The first-order valence-corrected chi connectivity index (χ1v) is 6.81. The van der Waals surface area contributed by atoms with Gasteiger partial charge >= 0.3 is 0 Å². The van der Waals surface area contributed by atoms with Crippen LogP contribution in [0.5, 0.6) is 0 Å². The quantitative estimate of drug-likeness (QED) is 0.868. The molecule has 3 nitrogen and oxygen atoms in total. The minimum absolute atomic E-state index is 0.220. The van der Waals surface area contributed by atoms with Gasteiger partial charge in [0.2, 0.25) is 0 Å². The summed E-state index contributed by atoms with van der Waals surface area (Å²) in [5.74, 6) is 0.823. The lowest BCUT2D eigenvalue weighted by molar-refractivity contribution is 0.869. The van der Waals surface area contributed by atoms with Gasteiger partial charge in [0.1, 0.15) is 16.7 Å². The monoisotopic (exact) mass is 305 g/mol. The number of hydrogen-bond donors (Lipinski definition) is 1. The van der Waals surface area contributed by atoms with E-state index >= 15 is 0 Å². The van der Waals surface area contributed by atoms with E-state index in [1.807, 2.05) is 6.07 Å². The number of halogens is 1. The van der Waals surface area contributed by atoms with Gasteiger partial charge in [-0.2, -0.15) is 0 Å². The Morgan fingerprint density at radius 2 is 1.94 bits per heavy atom. The van der Waals surface area contributed by atoms with E-state index in [1.165, 1.54) is 11.1 Å². The zero-order valence-corrected chi connectivity index (χ0v) is 12.1. The molecule has 1 aromatic heterocycles. The molecule has 0 fully saturated rings. The first-order chi connectivity index (χ1) is 8.69. The molecule has 18 heavy (non-hydrogen) atoms. The van der Waals surface area contributed by atoms with Crippen LogP contribution < -0.4 is 5.32 Å². The van der Waals surface area contributed by atoms with Gasteiger partial charge in [-0.3, -0.25) is 0 Å². The van der Waals surface area contributed by atoms with Gasteiger partial charge in [-0.1, -0.05) is 31.2 Å². The summed E-state index contributed by atoms with van der Waals surface area (Å²) in [5.41, 5.74) is 2.61. The number of benzene rings is 1. The smallest absolute Gasteiger partial charge is 0.130 e. The van der Waals surface area contributed by atoms with Crippen LogP contribution in [0, 0.1) is 0 Å². The number of nitrogens with one attached hydrogen (secondary N) is 1. The zero-order chi connectivity index (χ0) is 13.0. The molecule has 2 aromatic rings. The minimum atomic E-state index is 0.220. The molecule has 1 unspecified atom stereocenters. The Balaban J connectivity index is 2.09. The summed E-state index contributed by atoms with van der Waals surface area (Å²) in [7, 11) is 0. The van der Waals surface area contributed by atoms with Crippen LogP contribution in [0.1, 0.15) is 31.0 Å². The van der Waals surface area contributed by atoms with Gasteiger partial charge in [0.15, 0.2) is 0 Å². The van der Waals surface area contributed by atoms with Gasteiger partial charge in [0.25, 0.3) is 0 Å². The van der Waals surface area contributed by atoms with Crippen LogP contribution in [-0.4, -0.2) is 9.97 Å². The summed E-state index contributed by atoms with van der Waals surface area (Å²) in [4.78, 5) is 8.19. The van der Waals surface area contributed by atoms with Crippen LogP contribution in [0.25, 0.3) is 0 Å². The van der Waals surface area contributed by atoms with E-state index < -0.39 is 0 Å². The number of anilines is 1. The van der Waals surface area contributed by atoms with Gasteiger partial charge in [-0.05, 0) is 40.4 Å². The predicted molar refractivity (Wildman–Crippen MR) is 77.6 cm³/mol.